The molecule has 2 amide bonds. The van der Waals surface area contributed by atoms with Gasteiger partial charge in [0.25, 0.3) is 0 Å². The van der Waals surface area contributed by atoms with Crippen molar-refractivity contribution in [1.82, 2.24) is 10.6 Å². The number of carbonyl (C=O) groups excluding carboxylic acids is 2. The third-order valence-electron chi connectivity index (χ3n) is 5.82. The van der Waals surface area contributed by atoms with Crippen LogP contribution in [-0.4, -0.2) is 42.8 Å². The summed E-state index contributed by atoms with van der Waals surface area (Å²) in [5, 5.41) is 14.1. The molecule has 2 aromatic rings. The first-order valence-corrected chi connectivity index (χ1v) is 11.1. The number of nitrogens with one attached hydrogen (secondary N) is 2. The van der Waals surface area contributed by atoms with Crippen molar-refractivity contribution in [2.45, 2.75) is 38.5 Å². The van der Waals surface area contributed by atoms with Gasteiger partial charge in [-0.15, -0.1) is 0 Å². The lowest BCUT2D eigenvalue weighted by Crippen LogP contribution is -2.39. The Balaban J connectivity index is 1.45. The molecule has 1 aliphatic rings. The zero-order valence-corrected chi connectivity index (χ0v) is 18.3. The summed E-state index contributed by atoms with van der Waals surface area (Å²) in [7, 11) is 0. The van der Waals surface area contributed by atoms with Gasteiger partial charge in [-0.2, -0.15) is 0 Å². The van der Waals surface area contributed by atoms with Crippen molar-refractivity contribution < 1.29 is 24.2 Å². The molecule has 1 aliphatic carbocycles. The number of carboxylic acids is 1. The summed E-state index contributed by atoms with van der Waals surface area (Å²) in [6.07, 6.45) is 1.25. The lowest BCUT2D eigenvalue weighted by molar-refractivity contribution is -0.137. The van der Waals surface area contributed by atoms with Gasteiger partial charge in [0.15, 0.2) is 0 Å². The molecule has 7 heteroatoms. The van der Waals surface area contributed by atoms with Gasteiger partial charge < -0.3 is 20.5 Å². The molecule has 0 spiro atoms. The summed E-state index contributed by atoms with van der Waals surface area (Å²) >= 11 is 0. The van der Waals surface area contributed by atoms with Gasteiger partial charge in [0.05, 0.1) is 5.92 Å². The number of alkyl carbamates (subject to hydrolysis) is 1. The zero-order valence-electron chi connectivity index (χ0n) is 18.3. The fourth-order valence-corrected chi connectivity index (χ4v) is 4.04. The van der Waals surface area contributed by atoms with Crippen molar-refractivity contribution in [3.63, 3.8) is 0 Å². The summed E-state index contributed by atoms with van der Waals surface area (Å²) in [5.41, 5.74) is 4.64. The van der Waals surface area contributed by atoms with Crippen LogP contribution in [0.15, 0.2) is 48.5 Å². The van der Waals surface area contributed by atoms with E-state index in [0.29, 0.717) is 25.8 Å². The van der Waals surface area contributed by atoms with Crippen LogP contribution in [0.1, 0.15) is 49.7 Å². The Morgan fingerprint density at radius 2 is 1.59 bits per heavy atom. The number of carboxylic acid groups (broad SMARTS) is 1. The number of carbonyl (C=O) groups is 3. The van der Waals surface area contributed by atoms with Gasteiger partial charge >= 0.3 is 12.1 Å². The predicted molar refractivity (Wildman–Crippen MR) is 121 cm³/mol. The Kier molecular flexibility index (Phi) is 8.25. The van der Waals surface area contributed by atoms with E-state index in [-0.39, 0.29) is 37.3 Å². The van der Waals surface area contributed by atoms with Crippen LogP contribution in [0.3, 0.4) is 0 Å². The number of ether oxygens (including phenoxy) is 1. The van der Waals surface area contributed by atoms with Crippen molar-refractivity contribution >= 4 is 18.0 Å². The average molecular weight is 439 g/mol. The van der Waals surface area contributed by atoms with E-state index in [4.69, 9.17) is 9.84 Å². The van der Waals surface area contributed by atoms with Crippen LogP contribution in [-0.2, 0) is 14.3 Å². The minimum absolute atomic E-state index is 0.00998. The monoisotopic (exact) mass is 438 g/mol. The second kappa shape index (κ2) is 11.3. The highest BCUT2D eigenvalue weighted by molar-refractivity contribution is 5.80. The number of unbranched alkanes of at least 4 members (excludes halogenated alkanes) is 1. The summed E-state index contributed by atoms with van der Waals surface area (Å²) in [5.74, 6) is -1.36. The molecule has 3 rings (SSSR count). The maximum absolute atomic E-state index is 12.3. The predicted octanol–water partition coefficient (Wildman–Crippen LogP) is 3.92. The molecule has 7 nitrogen and oxygen atoms in total. The highest BCUT2D eigenvalue weighted by atomic mass is 16.5. The van der Waals surface area contributed by atoms with E-state index in [1.54, 1.807) is 0 Å². The number of hydrogen-bond acceptors (Lipinski definition) is 4. The summed E-state index contributed by atoms with van der Waals surface area (Å²) in [6, 6.07) is 16.3. The molecular formula is C25H30N2O5. The summed E-state index contributed by atoms with van der Waals surface area (Å²) < 4.78 is 5.51. The first-order chi connectivity index (χ1) is 15.5. The average Bonchev–Trinajstić information content (AvgIpc) is 3.11. The van der Waals surface area contributed by atoms with E-state index in [2.05, 4.69) is 34.9 Å². The molecule has 1 unspecified atom stereocenters. The Morgan fingerprint density at radius 3 is 2.19 bits per heavy atom. The molecule has 0 bridgehead atoms. The summed E-state index contributed by atoms with van der Waals surface area (Å²) in [6.45, 7) is 2.72. The Labute approximate surface area is 188 Å². The first kappa shape index (κ1) is 23.3. The molecule has 2 aromatic carbocycles. The molecule has 0 radical (unpaired) electrons. The highest BCUT2D eigenvalue weighted by Gasteiger charge is 2.29. The maximum atomic E-state index is 12.3. The van der Waals surface area contributed by atoms with Crippen molar-refractivity contribution in [3.8, 4) is 11.1 Å². The molecule has 0 saturated carbocycles. The molecule has 3 N–H and O–H groups in total. The van der Waals surface area contributed by atoms with Gasteiger partial charge in [0.1, 0.15) is 6.61 Å². The molecule has 0 aromatic heterocycles. The largest absolute Gasteiger partial charge is 0.481 e. The number of fused-ring (bicyclic) bond motifs is 3. The fraction of sp³-hybridized carbons (Fsp3) is 0.400. The molecule has 0 heterocycles. The topological polar surface area (TPSA) is 105 Å². The molecule has 0 saturated heterocycles. The maximum Gasteiger partial charge on any atom is 0.407 e. The minimum Gasteiger partial charge on any atom is -0.481 e. The van der Waals surface area contributed by atoms with Gasteiger partial charge in [-0.05, 0) is 41.5 Å². The fourth-order valence-electron chi connectivity index (χ4n) is 4.04. The van der Waals surface area contributed by atoms with E-state index >= 15 is 0 Å². The van der Waals surface area contributed by atoms with E-state index in [0.717, 1.165) is 11.1 Å². The van der Waals surface area contributed by atoms with E-state index < -0.39 is 12.1 Å². The van der Waals surface area contributed by atoms with Gasteiger partial charge in [0.2, 0.25) is 5.91 Å². The van der Waals surface area contributed by atoms with Crippen molar-refractivity contribution in [2.75, 3.05) is 19.7 Å². The SMILES string of the molecule is CCC(CNC(=O)OCC1c2ccccc2-c2ccccc21)C(=O)NCCCCC(=O)O. The van der Waals surface area contributed by atoms with Crippen LogP contribution in [0.5, 0.6) is 0 Å². The van der Waals surface area contributed by atoms with Gasteiger partial charge in [-0.1, -0.05) is 55.5 Å². The number of rotatable bonds is 11. The molecule has 0 aliphatic heterocycles. The Hall–Kier alpha value is -3.35. The molecular weight excluding hydrogens is 408 g/mol. The molecule has 32 heavy (non-hydrogen) atoms. The zero-order chi connectivity index (χ0) is 22.9. The smallest absolute Gasteiger partial charge is 0.407 e. The van der Waals surface area contributed by atoms with Crippen molar-refractivity contribution in [1.29, 1.82) is 0 Å². The van der Waals surface area contributed by atoms with Crippen molar-refractivity contribution in [2.24, 2.45) is 5.92 Å². The van der Waals surface area contributed by atoms with Gasteiger partial charge in [0, 0.05) is 25.4 Å². The number of hydrogen-bond donors (Lipinski definition) is 3. The molecule has 0 fully saturated rings. The number of benzene rings is 2. The van der Waals surface area contributed by atoms with E-state index in [9.17, 15) is 14.4 Å². The van der Waals surface area contributed by atoms with Crippen LogP contribution >= 0.6 is 0 Å². The Morgan fingerprint density at radius 1 is 0.969 bits per heavy atom. The van der Waals surface area contributed by atoms with Gasteiger partial charge in [-0.3, -0.25) is 9.59 Å². The van der Waals surface area contributed by atoms with Gasteiger partial charge in [-0.25, -0.2) is 4.79 Å². The van der Waals surface area contributed by atoms with Crippen LogP contribution < -0.4 is 10.6 Å². The highest BCUT2D eigenvalue weighted by Crippen LogP contribution is 2.44. The minimum atomic E-state index is -0.838. The standard InChI is InChI=1S/C25H30N2O5/c1-2-17(24(30)26-14-8-7-13-23(28)29)15-27-25(31)32-16-22-20-11-5-3-9-18(20)19-10-4-6-12-21(19)22/h3-6,9-12,17,22H,2,7-8,13-16H2,1H3,(H,26,30)(H,27,31)(H,28,29). The molecule has 1 atom stereocenters. The number of amides is 2. The van der Waals surface area contributed by atoms with Crippen LogP contribution in [0.4, 0.5) is 4.79 Å². The second-order valence-corrected chi connectivity index (χ2v) is 7.95. The first-order valence-electron chi connectivity index (χ1n) is 11.1. The normalized spacial score (nSPS) is 13.0. The summed E-state index contributed by atoms with van der Waals surface area (Å²) in [4.78, 5) is 35.1. The lowest BCUT2D eigenvalue weighted by Gasteiger charge is -2.17. The molecule has 170 valence electrons. The van der Waals surface area contributed by atoms with E-state index in [1.807, 2.05) is 31.2 Å². The lowest BCUT2D eigenvalue weighted by atomic mass is 9.98. The van der Waals surface area contributed by atoms with Crippen molar-refractivity contribution in [3.05, 3.63) is 59.7 Å². The van der Waals surface area contributed by atoms with Crippen LogP contribution in [0.2, 0.25) is 0 Å². The quantitative estimate of drug-likeness (QED) is 0.461. The number of aliphatic carboxylic acids is 1. The Bertz CT molecular complexity index is 913. The third-order valence-corrected chi connectivity index (χ3v) is 5.82. The third kappa shape index (κ3) is 5.87. The van der Waals surface area contributed by atoms with Crippen LogP contribution in [0.25, 0.3) is 11.1 Å². The van der Waals surface area contributed by atoms with Crippen LogP contribution in [0, 0.1) is 5.92 Å². The second-order valence-electron chi connectivity index (χ2n) is 7.95. The van der Waals surface area contributed by atoms with E-state index in [1.165, 1.54) is 11.1 Å².